The molecule has 0 unspecified atom stereocenters. The number of nitrogens with zero attached hydrogens (tertiary/aromatic N) is 1. The van der Waals surface area contributed by atoms with Crippen LogP contribution in [-0.4, -0.2) is 25.6 Å². The molecule has 0 fully saturated rings. The maximum atomic E-state index is 10.5. The van der Waals surface area contributed by atoms with E-state index < -0.39 is 6.09 Å². The molecule has 6 heteroatoms. The van der Waals surface area contributed by atoms with Crippen molar-refractivity contribution in [3.8, 4) is 0 Å². The Labute approximate surface area is 75.9 Å². The molecule has 0 rings (SSSR count). The summed E-state index contributed by atoms with van der Waals surface area (Å²) in [6, 6.07) is 0. The van der Waals surface area contributed by atoms with Gasteiger partial charge in [-0.15, -0.1) is 4.40 Å². The first-order valence-corrected chi connectivity index (χ1v) is 4.13. The van der Waals surface area contributed by atoms with E-state index >= 15 is 0 Å². The molecule has 0 bridgehead atoms. The Morgan fingerprint density at radius 2 is 2.33 bits per heavy atom. The molecule has 0 spiro atoms. The molecule has 70 valence electrons. The molecular weight excluding hydrogens is 180 g/mol. The van der Waals surface area contributed by atoms with Crippen molar-refractivity contribution in [3.05, 3.63) is 0 Å². The van der Waals surface area contributed by atoms with Gasteiger partial charge in [-0.1, -0.05) is 0 Å². The molecular formula is C6H12N2O3S. The van der Waals surface area contributed by atoms with E-state index in [0.29, 0.717) is 24.7 Å². The lowest BCUT2D eigenvalue weighted by Crippen LogP contribution is -2.15. The van der Waals surface area contributed by atoms with E-state index in [1.54, 1.807) is 6.92 Å². The average molecular weight is 192 g/mol. The molecule has 0 aromatic heterocycles. The zero-order valence-electron chi connectivity index (χ0n) is 7.29. The van der Waals surface area contributed by atoms with E-state index in [4.69, 9.17) is 4.74 Å². The summed E-state index contributed by atoms with van der Waals surface area (Å²) in [6.45, 7) is 4.09. The fraction of sp³-hybridized carbons (Fsp3) is 0.667. The van der Waals surface area contributed by atoms with Gasteiger partial charge < -0.3 is 14.2 Å². The van der Waals surface area contributed by atoms with Crippen molar-refractivity contribution in [2.75, 3.05) is 13.7 Å². The molecule has 1 N–H and O–H groups in total. The summed E-state index contributed by atoms with van der Waals surface area (Å²) in [5.74, 6) is 0.478. The lowest BCUT2D eigenvalue weighted by atomic mass is 10.7. The number of carbonyl (C=O) groups is 1. The first-order chi connectivity index (χ1) is 5.70. The SMILES string of the molecule is CCOC(C)=NSOC(=O)NC. The van der Waals surface area contributed by atoms with Crippen LogP contribution in [0.15, 0.2) is 4.40 Å². The summed E-state index contributed by atoms with van der Waals surface area (Å²) in [5, 5.41) is 2.28. The topological polar surface area (TPSA) is 59.9 Å². The van der Waals surface area contributed by atoms with E-state index in [1.165, 1.54) is 7.05 Å². The molecule has 0 aliphatic rings. The van der Waals surface area contributed by atoms with Gasteiger partial charge in [-0.2, -0.15) is 0 Å². The summed E-state index contributed by atoms with van der Waals surface area (Å²) >= 11 is 0.685. The highest BCUT2D eigenvalue weighted by molar-refractivity contribution is 7.93. The number of hydrogen-bond acceptors (Lipinski definition) is 5. The van der Waals surface area contributed by atoms with Gasteiger partial charge in [0.25, 0.3) is 0 Å². The summed E-state index contributed by atoms with van der Waals surface area (Å²) in [7, 11) is 1.47. The predicted molar refractivity (Wildman–Crippen MR) is 47.9 cm³/mol. The van der Waals surface area contributed by atoms with Gasteiger partial charge >= 0.3 is 6.09 Å². The van der Waals surface area contributed by atoms with Gasteiger partial charge in [-0.3, -0.25) is 0 Å². The van der Waals surface area contributed by atoms with Gasteiger partial charge in [0.05, 0.1) is 6.61 Å². The largest absolute Gasteiger partial charge is 0.481 e. The highest BCUT2D eigenvalue weighted by Crippen LogP contribution is 2.04. The standard InChI is InChI=1S/C6H12N2O3S/c1-4-10-5(2)8-12-11-6(9)7-3/h4H2,1-3H3,(H,7,9). The van der Waals surface area contributed by atoms with Crippen molar-refractivity contribution in [3.63, 3.8) is 0 Å². The summed E-state index contributed by atoms with van der Waals surface area (Å²) in [5.41, 5.74) is 0. The highest BCUT2D eigenvalue weighted by Gasteiger charge is 1.97. The van der Waals surface area contributed by atoms with Crippen LogP contribution in [0.2, 0.25) is 0 Å². The second kappa shape index (κ2) is 6.78. The van der Waals surface area contributed by atoms with E-state index in [0.717, 1.165) is 0 Å². The summed E-state index contributed by atoms with van der Waals surface area (Å²) in [6.07, 6.45) is -0.534. The van der Waals surface area contributed by atoms with Crippen molar-refractivity contribution < 1.29 is 13.7 Å². The minimum atomic E-state index is -0.534. The Kier molecular flexibility index (Phi) is 6.26. The van der Waals surface area contributed by atoms with Crippen LogP contribution in [-0.2, 0) is 8.92 Å². The van der Waals surface area contributed by atoms with E-state index in [1.807, 2.05) is 6.92 Å². The number of amides is 1. The average Bonchev–Trinajstić information content (AvgIpc) is 2.04. The van der Waals surface area contributed by atoms with Crippen LogP contribution >= 0.6 is 12.2 Å². The molecule has 0 radical (unpaired) electrons. The summed E-state index contributed by atoms with van der Waals surface area (Å²) < 4.78 is 13.2. The molecule has 12 heavy (non-hydrogen) atoms. The monoisotopic (exact) mass is 192 g/mol. The van der Waals surface area contributed by atoms with Gasteiger partial charge in [0.2, 0.25) is 12.2 Å². The molecule has 0 saturated carbocycles. The molecule has 5 nitrogen and oxygen atoms in total. The molecule has 0 atom stereocenters. The van der Waals surface area contributed by atoms with E-state index in [-0.39, 0.29) is 0 Å². The van der Waals surface area contributed by atoms with Crippen LogP contribution < -0.4 is 5.32 Å². The minimum absolute atomic E-state index is 0.478. The van der Waals surface area contributed by atoms with Crippen molar-refractivity contribution >= 4 is 24.2 Å². The Bertz CT molecular complexity index is 172. The first-order valence-electron chi connectivity index (χ1n) is 3.43. The lowest BCUT2D eigenvalue weighted by Gasteiger charge is -1.99. The Balaban J connectivity index is 3.52. The Morgan fingerprint density at radius 1 is 1.67 bits per heavy atom. The number of nitrogens with one attached hydrogen (secondary N) is 1. The maximum absolute atomic E-state index is 10.5. The lowest BCUT2D eigenvalue weighted by molar-refractivity contribution is 0.211. The third kappa shape index (κ3) is 5.84. The molecule has 0 saturated heterocycles. The van der Waals surface area contributed by atoms with Crippen molar-refractivity contribution in [1.82, 2.24) is 5.32 Å². The van der Waals surface area contributed by atoms with E-state index in [9.17, 15) is 4.79 Å². The Hall–Kier alpha value is -0.910. The van der Waals surface area contributed by atoms with Crippen LogP contribution in [0.25, 0.3) is 0 Å². The molecule has 0 aliphatic carbocycles. The van der Waals surface area contributed by atoms with Gasteiger partial charge in [-0.25, -0.2) is 4.79 Å². The van der Waals surface area contributed by atoms with Gasteiger partial charge in [-0.05, 0) is 6.92 Å². The summed E-state index contributed by atoms with van der Waals surface area (Å²) in [4.78, 5) is 10.5. The molecule has 0 aromatic rings. The number of hydrogen-bond donors (Lipinski definition) is 1. The third-order valence-corrected chi connectivity index (χ3v) is 1.39. The second-order valence-corrected chi connectivity index (χ2v) is 2.24. The van der Waals surface area contributed by atoms with Crippen LogP contribution in [0, 0.1) is 0 Å². The van der Waals surface area contributed by atoms with Gasteiger partial charge in [0, 0.05) is 14.0 Å². The molecule has 0 heterocycles. The van der Waals surface area contributed by atoms with Gasteiger partial charge in [0.15, 0.2) is 5.90 Å². The van der Waals surface area contributed by atoms with Crippen LogP contribution in [0.3, 0.4) is 0 Å². The predicted octanol–water partition coefficient (Wildman–Crippen LogP) is 1.36. The Morgan fingerprint density at radius 3 is 2.83 bits per heavy atom. The number of carbonyl (C=O) groups excluding carboxylic acids is 1. The van der Waals surface area contributed by atoms with Crippen molar-refractivity contribution in [2.45, 2.75) is 13.8 Å². The van der Waals surface area contributed by atoms with E-state index in [2.05, 4.69) is 13.9 Å². The minimum Gasteiger partial charge on any atom is -0.481 e. The van der Waals surface area contributed by atoms with Crippen LogP contribution in [0.4, 0.5) is 4.79 Å². The van der Waals surface area contributed by atoms with Gasteiger partial charge in [0.1, 0.15) is 0 Å². The first kappa shape index (κ1) is 11.1. The molecule has 1 amide bonds. The zero-order chi connectivity index (χ0) is 9.40. The maximum Gasteiger partial charge on any atom is 0.420 e. The fourth-order valence-corrected chi connectivity index (χ4v) is 0.728. The highest BCUT2D eigenvalue weighted by atomic mass is 32.2. The van der Waals surface area contributed by atoms with Crippen LogP contribution in [0.1, 0.15) is 13.8 Å². The van der Waals surface area contributed by atoms with Crippen molar-refractivity contribution in [2.24, 2.45) is 4.40 Å². The smallest absolute Gasteiger partial charge is 0.420 e. The zero-order valence-corrected chi connectivity index (χ0v) is 8.10. The van der Waals surface area contributed by atoms with Crippen molar-refractivity contribution in [1.29, 1.82) is 0 Å². The fourth-order valence-electron chi connectivity index (χ4n) is 0.382. The number of rotatable bonds is 3. The molecule has 0 aliphatic heterocycles. The normalized spacial score (nSPS) is 10.8. The number of ether oxygens (including phenoxy) is 1. The molecule has 0 aromatic carbocycles. The second-order valence-electron chi connectivity index (χ2n) is 1.74. The quantitative estimate of drug-likeness (QED) is 0.317. The van der Waals surface area contributed by atoms with Crippen LogP contribution in [0.5, 0.6) is 0 Å². The third-order valence-electron chi connectivity index (χ3n) is 0.836.